The Bertz CT molecular complexity index is 817. The van der Waals surface area contributed by atoms with E-state index in [9.17, 15) is 8.78 Å². The van der Waals surface area contributed by atoms with Crippen LogP contribution in [-0.4, -0.2) is 5.16 Å². The Kier molecular flexibility index (Phi) is 3.35. The normalized spacial score (nSPS) is 10.8. The summed E-state index contributed by atoms with van der Waals surface area (Å²) in [6, 6.07) is 9.91. The van der Waals surface area contributed by atoms with Crippen LogP contribution in [0, 0.1) is 11.6 Å². The van der Waals surface area contributed by atoms with Gasteiger partial charge in [0.25, 0.3) is 0 Å². The minimum absolute atomic E-state index is 0.00931. The third-order valence-corrected chi connectivity index (χ3v) is 3.25. The average molecular weight is 307 g/mol. The van der Waals surface area contributed by atoms with E-state index in [1.54, 1.807) is 6.07 Å². The minimum Gasteiger partial charge on any atom is -0.367 e. The molecule has 3 rings (SSSR count). The summed E-state index contributed by atoms with van der Waals surface area (Å²) in [5.41, 5.74) is 6.92. The average Bonchev–Trinajstić information content (AvgIpc) is 2.80. The number of anilines is 1. The predicted molar refractivity (Wildman–Crippen MR) is 76.7 cm³/mol. The molecule has 1 aromatic heterocycles. The summed E-state index contributed by atoms with van der Waals surface area (Å²) in [6.07, 6.45) is 0. The topological polar surface area (TPSA) is 52.0 Å². The molecule has 106 valence electrons. The van der Waals surface area contributed by atoms with Crippen molar-refractivity contribution >= 4 is 17.5 Å². The lowest BCUT2D eigenvalue weighted by Crippen LogP contribution is -1.90. The first-order valence-corrected chi connectivity index (χ1v) is 6.40. The van der Waals surface area contributed by atoms with Gasteiger partial charge in [0, 0.05) is 10.6 Å². The van der Waals surface area contributed by atoms with E-state index >= 15 is 0 Å². The van der Waals surface area contributed by atoms with Crippen molar-refractivity contribution in [2.24, 2.45) is 0 Å². The fourth-order valence-corrected chi connectivity index (χ4v) is 2.25. The van der Waals surface area contributed by atoms with Crippen LogP contribution in [0.15, 0.2) is 47.0 Å². The fourth-order valence-electron chi connectivity index (χ4n) is 2.09. The lowest BCUT2D eigenvalue weighted by molar-refractivity contribution is 0.439. The molecule has 3 nitrogen and oxygen atoms in total. The molecule has 6 heteroatoms. The van der Waals surface area contributed by atoms with Gasteiger partial charge in [-0.05, 0) is 35.9 Å². The van der Waals surface area contributed by atoms with Gasteiger partial charge in [-0.2, -0.15) is 0 Å². The van der Waals surface area contributed by atoms with Crippen LogP contribution < -0.4 is 5.73 Å². The van der Waals surface area contributed by atoms with E-state index in [-0.39, 0.29) is 22.2 Å². The zero-order valence-electron chi connectivity index (χ0n) is 10.6. The van der Waals surface area contributed by atoms with E-state index in [2.05, 4.69) is 5.16 Å². The summed E-state index contributed by atoms with van der Waals surface area (Å²) in [5, 5.41) is 4.04. The van der Waals surface area contributed by atoms with E-state index in [4.69, 9.17) is 21.9 Å². The number of benzene rings is 2. The van der Waals surface area contributed by atoms with Gasteiger partial charge in [-0.15, -0.1) is 0 Å². The van der Waals surface area contributed by atoms with Gasteiger partial charge < -0.3 is 10.3 Å². The predicted octanol–water partition coefficient (Wildman–Crippen LogP) is 4.52. The zero-order chi connectivity index (χ0) is 15.0. The molecule has 2 aromatic carbocycles. The van der Waals surface area contributed by atoms with Crippen molar-refractivity contribution in [1.82, 2.24) is 5.16 Å². The number of nitrogens with zero attached hydrogens (tertiary/aromatic N) is 1. The summed E-state index contributed by atoms with van der Waals surface area (Å²) in [7, 11) is 0. The van der Waals surface area contributed by atoms with E-state index in [0.717, 1.165) is 6.07 Å². The number of aromatic nitrogens is 1. The maximum Gasteiger partial charge on any atom is 0.230 e. The Labute approximate surface area is 123 Å². The quantitative estimate of drug-likeness (QED) is 0.757. The first-order chi connectivity index (χ1) is 10.1. The molecule has 21 heavy (non-hydrogen) atoms. The fraction of sp³-hybridized carbons (Fsp3) is 0. The van der Waals surface area contributed by atoms with Gasteiger partial charge in [0.05, 0.1) is 5.56 Å². The van der Waals surface area contributed by atoms with Crippen LogP contribution in [0.4, 0.5) is 14.7 Å². The standard InChI is InChI=1S/C15H9ClF2N2O/c16-9-4-5-11(12(18)7-9)14-13(15(19)21-20-14)8-2-1-3-10(17)6-8/h1-7H,19H2. The van der Waals surface area contributed by atoms with Crippen LogP contribution in [-0.2, 0) is 0 Å². The molecule has 0 aliphatic carbocycles. The second-order valence-corrected chi connectivity index (χ2v) is 4.84. The summed E-state index contributed by atoms with van der Waals surface area (Å²) < 4.78 is 32.3. The Balaban J connectivity index is 2.22. The molecule has 0 spiro atoms. The van der Waals surface area contributed by atoms with Crippen molar-refractivity contribution in [3.63, 3.8) is 0 Å². The van der Waals surface area contributed by atoms with Crippen molar-refractivity contribution in [2.75, 3.05) is 5.73 Å². The highest BCUT2D eigenvalue weighted by molar-refractivity contribution is 6.30. The Morgan fingerprint density at radius 3 is 2.62 bits per heavy atom. The van der Waals surface area contributed by atoms with E-state index < -0.39 is 11.6 Å². The van der Waals surface area contributed by atoms with E-state index in [1.165, 1.54) is 30.3 Å². The number of nitrogens with two attached hydrogens (primary N) is 1. The number of hydrogen-bond acceptors (Lipinski definition) is 3. The van der Waals surface area contributed by atoms with Gasteiger partial charge in [-0.25, -0.2) is 8.78 Å². The maximum atomic E-state index is 14.0. The maximum absolute atomic E-state index is 14.0. The van der Waals surface area contributed by atoms with Gasteiger partial charge in [-0.1, -0.05) is 28.9 Å². The van der Waals surface area contributed by atoms with Crippen molar-refractivity contribution in [3.05, 3.63) is 59.1 Å². The van der Waals surface area contributed by atoms with Crippen LogP contribution in [0.25, 0.3) is 22.4 Å². The first-order valence-electron chi connectivity index (χ1n) is 6.03. The number of rotatable bonds is 2. The van der Waals surface area contributed by atoms with E-state index in [1.807, 2.05) is 0 Å². The van der Waals surface area contributed by atoms with Crippen molar-refractivity contribution in [2.45, 2.75) is 0 Å². The molecular formula is C15H9ClF2N2O. The molecule has 1 heterocycles. The van der Waals surface area contributed by atoms with Crippen molar-refractivity contribution in [3.8, 4) is 22.4 Å². The molecule has 0 saturated carbocycles. The number of nitrogen functional groups attached to an aromatic ring is 1. The summed E-state index contributed by atoms with van der Waals surface area (Å²) in [6.45, 7) is 0. The highest BCUT2D eigenvalue weighted by Gasteiger charge is 2.20. The minimum atomic E-state index is -0.562. The molecule has 0 aliphatic rings. The Morgan fingerprint density at radius 1 is 1.10 bits per heavy atom. The summed E-state index contributed by atoms with van der Waals surface area (Å²) in [4.78, 5) is 0. The molecule has 0 bridgehead atoms. The SMILES string of the molecule is Nc1onc(-c2ccc(Cl)cc2F)c1-c1cccc(F)c1. The largest absolute Gasteiger partial charge is 0.367 e. The highest BCUT2D eigenvalue weighted by Crippen LogP contribution is 2.37. The number of hydrogen-bond donors (Lipinski definition) is 1. The molecule has 0 amide bonds. The third-order valence-electron chi connectivity index (χ3n) is 3.02. The van der Waals surface area contributed by atoms with Gasteiger partial charge in [0.2, 0.25) is 5.88 Å². The van der Waals surface area contributed by atoms with Crippen LogP contribution >= 0.6 is 11.6 Å². The third kappa shape index (κ3) is 2.48. The first kappa shape index (κ1) is 13.6. The van der Waals surface area contributed by atoms with E-state index in [0.29, 0.717) is 11.1 Å². The molecule has 0 fully saturated rings. The lowest BCUT2D eigenvalue weighted by atomic mass is 10.0. The monoisotopic (exact) mass is 306 g/mol. The van der Waals surface area contributed by atoms with Gasteiger partial charge in [-0.3, -0.25) is 0 Å². The molecule has 0 saturated heterocycles. The second kappa shape index (κ2) is 5.18. The second-order valence-electron chi connectivity index (χ2n) is 4.40. The van der Waals surface area contributed by atoms with Gasteiger partial charge in [0.15, 0.2) is 0 Å². The number of halogens is 3. The van der Waals surface area contributed by atoms with Crippen LogP contribution in [0.1, 0.15) is 0 Å². The molecule has 0 atom stereocenters. The van der Waals surface area contributed by atoms with Gasteiger partial charge in [0.1, 0.15) is 17.3 Å². The van der Waals surface area contributed by atoms with Crippen LogP contribution in [0.5, 0.6) is 0 Å². The molecule has 0 aliphatic heterocycles. The molecule has 2 N–H and O–H groups in total. The highest BCUT2D eigenvalue weighted by atomic mass is 35.5. The summed E-state index contributed by atoms with van der Waals surface area (Å²) >= 11 is 5.73. The van der Waals surface area contributed by atoms with Gasteiger partial charge >= 0.3 is 0 Å². The van der Waals surface area contributed by atoms with Crippen molar-refractivity contribution in [1.29, 1.82) is 0 Å². The Hall–Kier alpha value is -2.40. The van der Waals surface area contributed by atoms with Crippen molar-refractivity contribution < 1.29 is 13.3 Å². The Morgan fingerprint density at radius 2 is 1.90 bits per heavy atom. The summed E-state index contributed by atoms with van der Waals surface area (Å²) in [5.74, 6) is -1.01. The molecule has 0 radical (unpaired) electrons. The zero-order valence-corrected chi connectivity index (χ0v) is 11.4. The molecule has 0 unspecified atom stereocenters. The van der Waals surface area contributed by atoms with Crippen LogP contribution in [0.3, 0.4) is 0 Å². The smallest absolute Gasteiger partial charge is 0.230 e. The van der Waals surface area contributed by atoms with Crippen LogP contribution in [0.2, 0.25) is 5.02 Å². The lowest BCUT2D eigenvalue weighted by Gasteiger charge is -2.04. The molecular weight excluding hydrogens is 298 g/mol. The molecule has 3 aromatic rings.